The monoisotopic (exact) mass is 164 g/mol. The number of nitrogens with one attached hydrogen (secondary N) is 1. The van der Waals surface area contributed by atoms with Crippen molar-refractivity contribution in [2.75, 3.05) is 0 Å². The number of hydrazine groups is 1. The molecule has 0 unspecified atom stereocenters. The topological polar surface area (TPSA) is 55.1 Å². The Labute approximate surface area is 71.5 Å². The number of rotatable bonds is 2. The van der Waals surface area contributed by atoms with E-state index in [1.165, 1.54) is 0 Å². The number of hydrogen-bond donors (Lipinski definition) is 2. The maximum atomic E-state index is 11.1. The molecule has 1 aromatic rings. The van der Waals surface area contributed by atoms with E-state index in [0.717, 1.165) is 5.56 Å². The van der Waals surface area contributed by atoms with Crippen LogP contribution in [-0.2, 0) is 4.79 Å². The molecule has 1 atom stereocenters. The molecule has 1 aromatic carbocycles. The molecule has 12 heavy (non-hydrogen) atoms. The van der Waals surface area contributed by atoms with Gasteiger partial charge in [-0.15, -0.1) is 0 Å². The second-order valence-electron chi connectivity index (χ2n) is 2.64. The molecule has 64 valence electrons. The van der Waals surface area contributed by atoms with Crippen molar-refractivity contribution in [1.82, 2.24) is 5.43 Å². The van der Waals surface area contributed by atoms with Crippen molar-refractivity contribution in [2.45, 2.75) is 12.8 Å². The molecule has 0 spiro atoms. The average Bonchev–Trinajstić information content (AvgIpc) is 2.17. The molecule has 1 amide bonds. The van der Waals surface area contributed by atoms with Crippen LogP contribution in [0.25, 0.3) is 0 Å². The van der Waals surface area contributed by atoms with E-state index in [4.69, 9.17) is 5.84 Å². The van der Waals surface area contributed by atoms with Crippen LogP contribution in [-0.4, -0.2) is 5.91 Å². The normalized spacial score (nSPS) is 12.2. The van der Waals surface area contributed by atoms with E-state index in [9.17, 15) is 4.79 Å². The van der Waals surface area contributed by atoms with Crippen LogP contribution in [0.1, 0.15) is 18.4 Å². The first-order chi connectivity index (χ1) is 5.75. The second-order valence-corrected chi connectivity index (χ2v) is 2.64. The van der Waals surface area contributed by atoms with E-state index >= 15 is 0 Å². The molecule has 3 N–H and O–H groups in total. The summed E-state index contributed by atoms with van der Waals surface area (Å²) in [5.74, 6) is 4.66. The van der Waals surface area contributed by atoms with E-state index in [-0.39, 0.29) is 11.8 Å². The summed E-state index contributed by atoms with van der Waals surface area (Å²) in [6.45, 7) is 1.82. The summed E-state index contributed by atoms with van der Waals surface area (Å²) in [6, 6.07) is 9.52. The van der Waals surface area contributed by atoms with Gasteiger partial charge in [0.2, 0.25) is 5.91 Å². The fourth-order valence-corrected chi connectivity index (χ4v) is 1.02. The van der Waals surface area contributed by atoms with Crippen LogP contribution in [0.2, 0.25) is 0 Å². The van der Waals surface area contributed by atoms with Gasteiger partial charge in [0.1, 0.15) is 0 Å². The zero-order chi connectivity index (χ0) is 8.97. The summed E-state index contributed by atoms with van der Waals surface area (Å²) in [4.78, 5) is 11.1. The highest BCUT2D eigenvalue weighted by molar-refractivity contribution is 5.82. The van der Waals surface area contributed by atoms with Crippen LogP contribution >= 0.6 is 0 Å². The number of hydrogen-bond acceptors (Lipinski definition) is 2. The van der Waals surface area contributed by atoms with Gasteiger partial charge >= 0.3 is 0 Å². The molecule has 0 radical (unpaired) electrons. The van der Waals surface area contributed by atoms with E-state index in [0.29, 0.717) is 0 Å². The molecule has 3 nitrogen and oxygen atoms in total. The van der Waals surface area contributed by atoms with Crippen LogP contribution in [0.4, 0.5) is 0 Å². The van der Waals surface area contributed by atoms with E-state index in [1.54, 1.807) is 0 Å². The van der Waals surface area contributed by atoms with Gasteiger partial charge in [0.05, 0.1) is 5.92 Å². The average molecular weight is 164 g/mol. The van der Waals surface area contributed by atoms with Crippen molar-refractivity contribution in [3.05, 3.63) is 35.9 Å². The minimum absolute atomic E-state index is 0.166. The van der Waals surface area contributed by atoms with Crippen LogP contribution in [0.15, 0.2) is 30.3 Å². The predicted octanol–water partition coefficient (Wildman–Crippen LogP) is 0.780. The lowest BCUT2D eigenvalue weighted by Crippen LogP contribution is -2.33. The van der Waals surface area contributed by atoms with Gasteiger partial charge in [0, 0.05) is 0 Å². The van der Waals surface area contributed by atoms with Gasteiger partial charge in [-0.2, -0.15) is 0 Å². The SMILES string of the molecule is C[C@H](C(=O)NN)c1ccccc1. The largest absolute Gasteiger partial charge is 0.294 e. The smallest absolute Gasteiger partial charge is 0.241 e. The number of amides is 1. The Bertz CT molecular complexity index is 258. The standard InChI is InChI=1S/C9H12N2O/c1-7(9(12)11-10)8-5-3-2-4-6-8/h2-7H,10H2,1H3,(H,11,12)/t7-/m0/s1. The lowest BCUT2D eigenvalue weighted by Gasteiger charge is -2.08. The Balaban J connectivity index is 2.78. The lowest BCUT2D eigenvalue weighted by molar-refractivity contribution is -0.122. The molecule has 0 saturated heterocycles. The van der Waals surface area contributed by atoms with Gasteiger partial charge in [-0.05, 0) is 12.5 Å². The Morgan fingerprint density at radius 1 is 1.42 bits per heavy atom. The first-order valence-corrected chi connectivity index (χ1v) is 3.81. The Kier molecular flexibility index (Phi) is 2.82. The third-order valence-electron chi connectivity index (χ3n) is 1.84. The molecule has 0 fully saturated rings. The highest BCUT2D eigenvalue weighted by atomic mass is 16.2. The number of nitrogens with two attached hydrogens (primary N) is 1. The van der Waals surface area contributed by atoms with Crippen LogP contribution in [0.3, 0.4) is 0 Å². The van der Waals surface area contributed by atoms with Gasteiger partial charge in [-0.25, -0.2) is 5.84 Å². The highest BCUT2D eigenvalue weighted by Gasteiger charge is 2.12. The molecular formula is C9H12N2O. The van der Waals surface area contributed by atoms with Crippen molar-refractivity contribution in [1.29, 1.82) is 0 Å². The van der Waals surface area contributed by atoms with E-state index < -0.39 is 0 Å². The van der Waals surface area contributed by atoms with Gasteiger partial charge < -0.3 is 0 Å². The first kappa shape index (κ1) is 8.74. The first-order valence-electron chi connectivity index (χ1n) is 3.81. The minimum atomic E-state index is -0.184. The lowest BCUT2D eigenvalue weighted by atomic mass is 10.0. The molecule has 0 saturated carbocycles. The van der Waals surface area contributed by atoms with Gasteiger partial charge in [-0.1, -0.05) is 30.3 Å². The zero-order valence-corrected chi connectivity index (χ0v) is 6.95. The molecule has 0 aromatic heterocycles. The van der Waals surface area contributed by atoms with Crippen molar-refractivity contribution in [3.8, 4) is 0 Å². The number of benzene rings is 1. The second kappa shape index (κ2) is 3.88. The highest BCUT2D eigenvalue weighted by Crippen LogP contribution is 2.13. The van der Waals surface area contributed by atoms with Gasteiger partial charge in [-0.3, -0.25) is 10.2 Å². The third kappa shape index (κ3) is 1.83. The molecule has 1 rings (SSSR count). The molecule has 0 aliphatic rings. The summed E-state index contributed by atoms with van der Waals surface area (Å²) >= 11 is 0. The van der Waals surface area contributed by atoms with E-state index in [1.807, 2.05) is 37.3 Å². The molecule has 0 heterocycles. The van der Waals surface area contributed by atoms with Gasteiger partial charge in [0.25, 0.3) is 0 Å². The van der Waals surface area contributed by atoms with Crippen LogP contribution in [0, 0.1) is 0 Å². The molecule has 0 aliphatic carbocycles. The van der Waals surface area contributed by atoms with Crippen LogP contribution in [0.5, 0.6) is 0 Å². The Morgan fingerprint density at radius 2 is 2.00 bits per heavy atom. The Hall–Kier alpha value is -1.35. The van der Waals surface area contributed by atoms with Crippen molar-refractivity contribution in [2.24, 2.45) is 5.84 Å². The van der Waals surface area contributed by atoms with Crippen molar-refractivity contribution < 1.29 is 4.79 Å². The van der Waals surface area contributed by atoms with Gasteiger partial charge in [0.15, 0.2) is 0 Å². The zero-order valence-electron chi connectivity index (χ0n) is 6.95. The number of carbonyl (C=O) groups excluding carboxylic acids is 1. The summed E-state index contributed by atoms with van der Waals surface area (Å²) < 4.78 is 0. The quantitative estimate of drug-likeness (QED) is 0.385. The summed E-state index contributed by atoms with van der Waals surface area (Å²) in [7, 11) is 0. The minimum Gasteiger partial charge on any atom is -0.294 e. The molecule has 0 aliphatic heterocycles. The Morgan fingerprint density at radius 3 is 2.50 bits per heavy atom. The van der Waals surface area contributed by atoms with Crippen molar-refractivity contribution in [3.63, 3.8) is 0 Å². The third-order valence-corrected chi connectivity index (χ3v) is 1.84. The fraction of sp³-hybridized carbons (Fsp3) is 0.222. The maximum Gasteiger partial charge on any atom is 0.241 e. The maximum absolute atomic E-state index is 11.1. The molecule has 3 heteroatoms. The van der Waals surface area contributed by atoms with Crippen LogP contribution < -0.4 is 11.3 Å². The predicted molar refractivity (Wildman–Crippen MR) is 47.2 cm³/mol. The molecular weight excluding hydrogens is 152 g/mol. The summed E-state index contributed by atoms with van der Waals surface area (Å²) in [6.07, 6.45) is 0. The molecule has 0 bridgehead atoms. The summed E-state index contributed by atoms with van der Waals surface area (Å²) in [5.41, 5.74) is 3.10. The fourth-order valence-electron chi connectivity index (χ4n) is 1.02. The number of carbonyl (C=O) groups is 1. The van der Waals surface area contributed by atoms with E-state index in [2.05, 4.69) is 5.43 Å². The van der Waals surface area contributed by atoms with Crippen molar-refractivity contribution >= 4 is 5.91 Å². The summed E-state index contributed by atoms with van der Waals surface area (Å²) in [5, 5.41) is 0.